The fraction of sp³-hybridized carbons (Fsp3) is 0.800. The van der Waals surface area contributed by atoms with E-state index < -0.39 is 32.3 Å². The summed E-state index contributed by atoms with van der Waals surface area (Å²) in [6.45, 7) is 14.0. The highest BCUT2D eigenvalue weighted by molar-refractivity contribution is 6.74. The van der Waals surface area contributed by atoms with E-state index in [-0.39, 0.29) is 23.2 Å². The van der Waals surface area contributed by atoms with E-state index in [0.29, 0.717) is 0 Å². The van der Waals surface area contributed by atoms with Gasteiger partial charge in [-0.25, -0.2) is 4.79 Å². The number of hydrogen-bond donors (Lipinski definition) is 1. The van der Waals surface area contributed by atoms with Gasteiger partial charge in [-0.05, 0) is 32.0 Å². The lowest BCUT2D eigenvalue weighted by molar-refractivity contribution is -0.163. The Morgan fingerprint density at radius 1 is 1.32 bits per heavy atom. The summed E-state index contributed by atoms with van der Waals surface area (Å²) in [6, 6.07) is 0. The van der Waals surface area contributed by atoms with Crippen molar-refractivity contribution in [2.45, 2.75) is 70.7 Å². The maximum atomic E-state index is 12.1. The highest BCUT2D eigenvalue weighted by Gasteiger charge is 2.49. The zero-order valence-electron chi connectivity index (χ0n) is 14.4. The number of carbonyl (C=O) groups excluding carboxylic acids is 1. The van der Waals surface area contributed by atoms with Crippen molar-refractivity contribution in [3.05, 3.63) is 11.5 Å². The molecule has 2 atom stereocenters. The number of ether oxygens (including phenoxy) is 3. The molecule has 2 rings (SSSR count). The number of aliphatic hydroxyl groups excluding tert-OH is 1. The number of aliphatic hydroxyl groups is 1. The SMILES string of the molecule is CC1(C)OC[C@@H]([C@H]2OC(=O)C(O[Si](C)(C)C(C)(C)C)=C2O)O1. The van der Waals surface area contributed by atoms with Crippen molar-refractivity contribution in [2.75, 3.05) is 6.61 Å². The molecule has 2 aliphatic heterocycles. The summed E-state index contributed by atoms with van der Waals surface area (Å²) < 4.78 is 22.3. The first-order chi connectivity index (χ1) is 9.84. The number of esters is 1. The molecular formula is C15H26O6Si. The summed E-state index contributed by atoms with van der Waals surface area (Å²) in [6.07, 6.45) is -1.39. The summed E-state index contributed by atoms with van der Waals surface area (Å²) in [4.78, 5) is 12.1. The van der Waals surface area contributed by atoms with Crippen molar-refractivity contribution in [1.29, 1.82) is 0 Å². The lowest BCUT2D eigenvalue weighted by Crippen LogP contribution is -2.41. The lowest BCUT2D eigenvalue weighted by Gasteiger charge is -2.36. The van der Waals surface area contributed by atoms with Crippen LogP contribution < -0.4 is 0 Å². The summed E-state index contributed by atoms with van der Waals surface area (Å²) in [5.41, 5.74) is 0. The molecular weight excluding hydrogens is 304 g/mol. The van der Waals surface area contributed by atoms with E-state index in [1.165, 1.54) is 0 Å². The Kier molecular flexibility index (Phi) is 4.13. The van der Waals surface area contributed by atoms with E-state index in [2.05, 4.69) is 20.8 Å². The van der Waals surface area contributed by atoms with Gasteiger partial charge < -0.3 is 23.7 Å². The van der Waals surface area contributed by atoms with Gasteiger partial charge in [0.2, 0.25) is 5.76 Å². The van der Waals surface area contributed by atoms with Crippen LogP contribution in [0.15, 0.2) is 11.5 Å². The third-order valence-electron chi connectivity index (χ3n) is 4.45. The van der Waals surface area contributed by atoms with Gasteiger partial charge in [0.1, 0.15) is 6.10 Å². The molecule has 0 saturated carbocycles. The molecule has 2 aliphatic rings. The van der Waals surface area contributed by atoms with Crippen LogP contribution in [0.4, 0.5) is 0 Å². The maximum Gasteiger partial charge on any atom is 0.376 e. The normalized spacial score (nSPS) is 29.0. The second kappa shape index (κ2) is 5.25. The van der Waals surface area contributed by atoms with Gasteiger partial charge in [0.15, 0.2) is 17.7 Å². The zero-order chi connectivity index (χ0) is 16.9. The predicted octanol–water partition coefficient (Wildman–Crippen LogP) is 2.85. The van der Waals surface area contributed by atoms with Gasteiger partial charge in [0, 0.05) is 0 Å². The molecule has 0 spiro atoms. The van der Waals surface area contributed by atoms with E-state index >= 15 is 0 Å². The molecule has 1 saturated heterocycles. The van der Waals surface area contributed by atoms with Crippen LogP contribution in [0.2, 0.25) is 18.1 Å². The summed E-state index contributed by atoms with van der Waals surface area (Å²) in [5, 5.41) is 10.3. The van der Waals surface area contributed by atoms with Crippen LogP contribution >= 0.6 is 0 Å². The minimum Gasteiger partial charge on any atom is -0.536 e. The number of hydrogen-bond acceptors (Lipinski definition) is 6. The molecule has 0 aromatic heterocycles. The number of cyclic esters (lactones) is 1. The first kappa shape index (κ1) is 17.3. The largest absolute Gasteiger partial charge is 0.536 e. The Hall–Kier alpha value is -1.05. The van der Waals surface area contributed by atoms with E-state index in [9.17, 15) is 9.90 Å². The van der Waals surface area contributed by atoms with Gasteiger partial charge in [-0.1, -0.05) is 20.8 Å². The fourth-order valence-electron chi connectivity index (χ4n) is 2.08. The Morgan fingerprint density at radius 3 is 2.36 bits per heavy atom. The van der Waals surface area contributed by atoms with Crippen LogP contribution in [0.3, 0.4) is 0 Å². The first-order valence-electron chi connectivity index (χ1n) is 7.49. The van der Waals surface area contributed by atoms with Gasteiger partial charge in [-0.2, -0.15) is 0 Å². The third-order valence-corrected chi connectivity index (χ3v) is 8.78. The lowest BCUT2D eigenvalue weighted by atomic mass is 10.2. The summed E-state index contributed by atoms with van der Waals surface area (Å²) >= 11 is 0. The van der Waals surface area contributed by atoms with Gasteiger partial charge in [0.25, 0.3) is 8.32 Å². The second-order valence-corrected chi connectivity index (χ2v) is 12.5. The highest BCUT2D eigenvalue weighted by atomic mass is 28.4. The van der Waals surface area contributed by atoms with Crippen molar-refractivity contribution in [2.24, 2.45) is 0 Å². The smallest absolute Gasteiger partial charge is 0.376 e. The Bertz CT molecular complexity index is 503. The van der Waals surface area contributed by atoms with Crippen molar-refractivity contribution in [1.82, 2.24) is 0 Å². The summed E-state index contributed by atoms with van der Waals surface area (Å²) in [7, 11) is -2.24. The Balaban J connectivity index is 2.19. The average Bonchev–Trinajstić information content (AvgIpc) is 2.82. The van der Waals surface area contributed by atoms with Gasteiger partial charge in [-0.15, -0.1) is 0 Å². The second-order valence-electron chi connectivity index (χ2n) is 7.77. The Morgan fingerprint density at radius 2 is 1.91 bits per heavy atom. The molecule has 2 heterocycles. The minimum atomic E-state index is -2.24. The van der Waals surface area contributed by atoms with Crippen molar-refractivity contribution >= 4 is 14.3 Å². The van der Waals surface area contributed by atoms with Crippen molar-refractivity contribution in [3.63, 3.8) is 0 Å². The van der Waals surface area contributed by atoms with Gasteiger partial charge in [-0.3, -0.25) is 0 Å². The molecule has 0 unspecified atom stereocenters. The topological polar surface area (TPSA) is 74.2 Å². The van der Waals surface area contributed by atoms with Gasteiger partial charge >= 0.3 is 5.97 Å². The van der Waals surface area contributed by atoms with Crippen molar-refractivity contribution in [3.8, 4) is 0 Å². The van der Waals surface area contributed by atoms with Gasteiger partial charge in [0.05, 0.1) is 6.61 Å². The monoisotopic (exact) mass is 330 g/mol. The minimum absolute atomic E-state index is 0.0788. The fourth-order valence-corrected chi connectivity index (χ4v) is 3.08. The van der Waals surface area contributed by atoms with Crippen LogP contribution in [0.25, 0.3) is 0 Å². The molecule has 1 N–H and O–H groups in total. The zero-order valence-corrected chi connectivity index (χ0v) is 15.4. The molecule has 0 bridgehead atoms. The third kappa shape index (κ3) is 3.16. The molecule has 22 heavy (non-hydrogen) atoms. The highest BCUT2D eigenvalue weighted by Crippen LogP contribution is 2.40. The predicted molar refractivity (Wildman–Crippen MR) is 82.7 cm³/mol. The molecule has 0 aromatic carbocycles. The van der Waals surface area contributed by atoms with Crippen molar-refractivity contribution < 1.29 is 28.5 Å². The van der Waals surface area contributed by atoms with E-state index in [0.717, 1.165) is 0 Å². The van der Waals surface area contributed by atoms with Crippen LogP contribution in [0.1, 0.15) is 34.6 Å². The van der Waals surface area contributed by atoms with E-state index in [1.54, 1.807) is 13.8 Å². The molecule has 0 radical (unpaired) electrons. The Labute approximate surface area is 132 Å². The molecule has 0 aromatic rings. The number of rotatable bonds is 3. The standard InChI is InChI=1S/C15H26O6Si/c1-14(2,3)22(6,7)21-12-10(16)11(19-13(12)17)9-8-18-15(4,5)20-9/h9,11,16H,8H2,1-7H3/t9-,11+/m0/s1. The molecule has 0 aliphatic carbocycles. The molecule has 126 valence electrons. The molecule has 7 heteroatoms. The van der Waals surface area contributed by atoms with Crippen LogP contribution in [0.5, 0.6) is 0 Å². The van der Waals surface area contributed by atoms with E-state index in [1.807, 2.05) is 13.1 Å². The van der Waals surface area contributed by atoms with Crippen LogP contribution in [-0.4, -0.2) is 44.0 Å². The summed E-state index contributed by atoms with van der Waals surface area (Å²) in [5.74, 6) is -1.66. The first-order valence-corrected chi connectivity index (χ1v) is 10.4. The van der Waals surface area contributed by atoms with E-state index in [4.69, 9.17) is 18.6 Å². The molecule has 6 nitrogen and oxygen atoms in total. The van der Waals surface area contributed by atoms with Crippen LogP contribution in [-0.2, 0) is 23.4 Å². The average molecular weight is 330 g/mol. The molecule has 0 amide bonds. The van der Waals surface area contributed by atoms with Crippen LogP contribution in [0, 0.1) is 0 Å². The number of carbonyl (C=O) groups is 1. The maximum absolute atomic E-state index is 12.1. The quantitative estimate of drug-likeness (QED) is 0.633. The molecule has 1 fully saturated rings.